The summed E-state index contributed by atoms with van der Waals surface area (Å²) in [7, 11) is 1.47. The molecule has 0 fully saturated rings. The van der Waals surface area contributed by atoms with Crippen LogP contribution in [0.3, 0.4) is 0 Å². The largest absolute Gasteiger partial charge is 0.382 e. The van der Waals surface area contributed by atoms with E-state index in [2.05, 4.69) is 10.6 Å². The summed E-state index contributed by atoms with van der Waals surface area (Å²) in [5.41, 5.74) is 2.95. The van der Waals surface area contributed by atoms with Crippen molar-refractivity contribution in [3.63, 3.8) is 0 Å². The number of hydrogen-bond donors (Lipinski definition) is 5. The summed E-state index contributed by atoms with van der Waals surface area (Å²) in [5, 5.41) is 26.6. The van der Waals surface area contributed by atoms with Gasteiger partial charge in [0.15, 0.2) is 0 Å². The molecule has 8 heteroatoms. The first-order valence-corrected chi connectivity index (χ1v) is 10.6. The van der Waals surface area contributed by atoms with E-state index in [1.54, 1.807) is 0 Å². The average Bonchev–Trinajstić information content (AvgIpc) is 2.85. The molecule has 3 atom stereocenters. The summed E-state index contributed by atoms with van der Waals surface area (Å²) in [5.74, 6) is -3.42. The number of carbonyl (C=O) groups is 3. The second-order valence-electron chi connectivity index (χ2n) is 7.78. The number of hydroxylamine groups is 1. The number of aliphatic hydroxyl groups is 1. The minimum atomic E-state index is -1.82. The number of fused-ring (bicyclic) bond motifs is 1. The normalized spacial score (nSPS) is 13.5. The van der Waals surface area contributed by atoms with Crippen LogP contribution >= 0.6 is 0 Å². The zero-order chi connectivity index (χ0) is 23.8. The van der Waals surface area contributed by atoms with E-state index in [4.69, 9.17) is 5.21 Å². The lowest BCUT2D eigenvalue weighted by molar-refractivity contribution is -0.146. The van der Waals surface area contributed by atoms with Gasteiger partial charge in [0.2, 0.25) is 11.8 Å². The van der Waals surface area contributed by atoms with E-state index in [1.807, 2.05) is 72.8 Å². The molecule has 3 rings (SSSR count). The maximum Gasteiger partial charge on any atom is 0.272 e. The van der Waals surface area contributed by atoms with Gasteiger partial charge in [-0.05, 0) is 28.3 Å². The van der Waals surface area contributed by atoms with Crippen LogP contribution in [0.2, 0.25) is 0 Å². The van der Waals surface area contributed by atoms with Crippen LogP contribution in [0.4, 0.5) is 0 Å². The molecule has 0 spiro atoms. The molecule has 0 aliphatic carbocycles. The van der Waals surface area contributed by atoms with Gasteiger partial charge in [-0.2, -0.15) is 0 Å². The van der Waals surface area contributed by atoms with Gasteiger partial charge in [-0.1, -0.05) is 72.8 Å². The maximum absolute atomic E-state index is 13.2. The van der Waals surface area contributed by atoms with Gasteiger partial charge in [0.25, 0.3) is 5.91 Å². The number of carbonyl (C=O) groups excluding carboxylic acids is 3. The first-order valence-electron chi connectivity index (χ1n) is 10.6. The molecule has 1 unspecified atom stereocenters. The smallest absolute Gasteiger partial charge is 0.272 e. The van der Waals surface area contributed by atoms with E-state index in [-0.39, 0.29) is 12.8 Å². The molecule has 0 saturated carbocycles. The fraction of sp³-hybridized carbons (Fsp3) is 0.240. The SMILES string of the molecule is CNC(=O)[C@H](Cc1ccccc1)NC(=O)[C@H](Cc1ccc2ccccc2c1)C(O)C(=O)NO. The number of amides is 3. The lowest BCUT2D eigenvalue weighted by Gasteiger charge is -2.24. The van der Waals surface area contributed by atoms with Crippen molar-refractivity contribution >= 4 is 28.5 Å². The first-order chi connectivity index (χ1) is 15.9. The predicted octanol–water partition coefficient (Wildman–Crippen LogP) is 1.34. The predicted molar refractivity (Wildman–Crippen MR) is 123 cm³/mol. The van der Waals surface area contributed by atoms with Crippen LogP contribution in [0.1, 0.15) is 11.1 Å². The molecule has 0 bridgehead atoms. The van der Waals surface area contributed by atoms with Gasteiger partial charge in [0, 0.05) is 13.5 Å². The number of nitrogens with one attached hydrogen (secondary N) is 3. The molecule has 0 aliphatic rings. The Hall–Kier alpha value is -3.75. The van der Waals surface area contributed by atoms with Gasteiger partial charge in [0.05, 0.1) is 5.92 Å². The van der Waals surface area contributed by atoms with E-state index >= 15 is 0 Å². The third-order valence-electron chi connectivity index (χ3n) is 5.53. The van der Waals surface area contributed by atoms with Crippen molar-refractivity contribution in [3.8, 4) is 0 Å². The minimum absolute atomic E-state index is 0.0249. The van der Waals surface area contributed by atoms with Gasteiger partial charge in [0.1, 0.15) is 12.1 Å². The lowest BCUT2D eigenvalue weighted by Crippen LogP contribution is -2.52. The Morgan fingerprint density at radius 3 is 2.12 bits per heavy atom. The standard InChI is InChI=1S/C25H27N3O5/c1-26-24(31)21(15-16-7-3-2-4-8-16)27-23(30)20(22(29)25(32)28-33)14-17-11-12-18-9-5-6-10-19(18)13-17/h2-13,20-22,29,33H,14-15H2,1H3,(H,26,31)(H,27,30)(H,28,32)/t20-,21+,22?/m1/s1. The second-order valence-corrected chi connectivity index (χ2v) is 7.78. The van der Waals surface area contributed by atoms with Crippen molar-refractivity contribution in [1.29, 1.82) is 0 Å². The second kappa shape index (κ2) is 11.2. The maximum atomic E-state index is 13.2. The highest BCUT2D eigenvalue weighted by Crippen LogP contribution is 2.20. The Labute approximate surface area is 191 Å². The number of aliphatic hydroxyl groups excluding tert-OH is 1. The highest BCUT2D eigenvalue weighted by Gasteiger charge is 2.34. The van der Waals surface area contributed by atoms with Crippen molar-refractivity contribution in [2.45, 2.75) is 25.0 Å². The van der Waals surface area contributed by atoms with Gasteiger partial charge < -0.3 is 15.7 Å². The molecule has 8 nitrogen and oxygen atoms in total. The summed E-state index contributed by atoms with van der Waals surface area (Å²) < 4.78 is 0. The molecule has 0 heterocycles. The average molecular weight is 450 g/mol. The summed E-state index contributed by atoms with van der Waals surface area (Å²) >= 11 is 0. The van der Waals surface area contributed by atoms with Crippen molar-refractivity contribution in [2.24, 2.45) is 5.92 Å². The third-order valence-corrected chi connectivity index (χ3v) is 5.53. The summed E-state index contributed by atoms with van der Waals surface area (Å²) in [4.78, 5) is 37.6. The van der Waals surface area contributed by atoms with Crippen LogP contribution in [0.25, 0.3) is 10.8 Å². The minimum Gasteiger partial charge on any atom is -0.382 e. The molecular formula is C25H27N3O5. The Morgan fingerprint density at radius 2 is 1.45 bits per heavy atom. The Balaban J connectivity index is 1.85. The van der Waals surface area contributed by atoms with Crippen LogP contribution < -0.4 is 16.1 Å². The van der Waals surface area contributed by atoms with Crippen molar-refractivity contribution in [2.75, 3.05) is 7.05 Å². The van der Waals surface area contributed by atoms with Gasteiger partial charge >= 0.3 is 0 Å². The van der Waals surface area contributed by atoms with Crippen molar-refractivity contribution < 1.29 is 24.7 Å². The molecule has 0 saturated heterocycles. The Bertz CT molecular complexity index is 1120. The van der Waals surface area contributed by atoms with Gasteiger partial charge in [-0.25, -0.2) is 5.48 Å². The number of hydrogen-bond acceptors (Lipinski definition) is 5. The monoisotopic (exact) mass is 449 g/mol. The molecule has 172 valence electrons. The topological polar surface area (TPSA) is 128 Å². The highest BCUT2D eigenvalue weighted by atomic mass is 16.5. The van der Waals surface area contributed by atoms with Gasteiger partial charge in [-0.3, -0.25) is 19.6 Å². The molecule has 0 radical (unpaired) electrons. The van der Waals surface area contributed by atoms with Crippen molar-refractivity contribution in [3.05, 3.63) is 83.9 Å². The Kier molecular flexibility index (Phi) is 8.12. The summed E-state index contributed by atoms with van der Waals surface area (Å²) in [6, 6.07) is 21.5. The van der Waals surface area contributed by atoms with Crippen LogP contribution in [-0.4, -0.2) is 47.2 Å². The molecule has 3 amide bonds. The van der Waals surface area contributed by atoms with E-state index < -0.39 is 35.8 Å². The zero-order valence-electron chi connectivity index (χ0n) is 18.2. The summed E-state index contributed by atoms with van der Waals surface area (Å²) in [6.07, 6.45) is -1.56. The van der Waals surface area contributed by atoms with Crippen LogP contribution in [0.15, 0.2) is 72.8 Å². The highest BCUT2D eigenvalue weighted by molar-refractivity contribution is 5.92. The number of likely N-dealkylation sites (N-methyl/N-ethyl adjacent to an activating group) is 1. The summed E-state index contributed by atoms with van der Waals surface area (Å²) in [6.45, 7) is 0. The lowest BCUT2D eigenvalue weighted by atomic mass is 9.91. The van der Waals surface area contributed by atoms with Crippen molar-refractivity contribution in [1.82, 2.24) is 16.1 Å². The molecule has 0 aliphatic heterocycles. The van der Waals surface area contributed by atoms with Gasteiger partial charge in [-0.15, -0.1) is 0 Å². The molecule has 3 aromatic rings. The molecule has 5 N–H and O–H groups in total. The van der Waals surface area contributed by atoms with E-state index in [0.29, 0.717) is 0 Å². The molecule has 3 aromatic carbocycles. The first kappa shape index (κ1) is 23.9. The fourth-order valence-corrected chi connectivity index (χ4v) is 3.73. The van der Waals surface area contributed by atoms with E-state index in [1.165, 1.54) is 12.5 Å². The van der Waals surface area contributed by atoms with Crippen LogP contribution in [0.5, 0.6) is 0 Å². The molecule has 0 aromatic heterocycles. The quantitative estimate of drug-likeness (QED) is 0.249. The van der Waals surface area contributed by atoms with Crippen LogP contribution in [0, 0.1) is 5.92 Å². The van der Waals surface area contributed by atoms with E-state index in [9.17, 15) is 19.5 Å². The van der Waals surface area contributed by atoms with Crippen LogP contribution in [-0.2, 0) is 27.2 Å². The zero-order valence-corrected chi connectivity index (χ0v) is 18.2. The third kappa shape index (κ3) is 6.15. The number of benzene rings is 3. The Morgan fingerprint density at radius 1 is 0.788 bits per heavy atom. The molecule has 33 heavy (non-hydrogen) atoms. The van der Waals surface area contributed by atoms with E-state index in [0.717, 1.165) is 21.9 Å². The fourth-order valence-electron chi connectivity index (χ4n) is 3.73. The number of rotatable bonds is 9. The molecular weight excluding hydrogens is 422 g/mol.